The van der Waals surface area contributed by atoms with E-state index in [1.165, 1.54) is 16.3 Å². The summed E-state index contributed by atoms with van der Waals surface area (Å²) < 4.78 is 8.93. The van der Waals surface area contributed by atoms with Crippen LogP contribution in [0.1, 0.15) is 5.56 Å². The molecule has 4 aromatic rings. The topological polar surface area (TPSA) is 37.8 Å². The molecular formula is C17H13N3Se. The number of aromatic nitrogens is 2. The fourth-order valence-corrected chi connectivity index (χ4v) is 3.74. The Morgan fingerprint density at radius 3 is 2.71 bits per heavy atom. The first-order valence-corrected chi connectivity index (χ1v) is 8.37. The number of rotatable bonds is 3. The van der Waals surface area contributed by atoms with Gasteiger partial charge in [0, 0.05) is 0 Å². The first kappa shape index (κ1) is 12.6. The molecule has 0 amide bonds. The number of nitrogens with one attached hydrogen (secondary N) is 1. The summed E-state index contributed by atoms with van der Waals surface area (Å²) in [5.41, 5.74) is 4.39. The number of hydrogen-bond donors (Lipinski definition) is 1. The zero-order valence-corrected chi connectivity index (χ0v) is 13.0. The van der Waals surface area contributed by atoms with E-state index >= 15 is 0 Å². The molecule has 3 aromatic carbocycles. The monoisotopic (exact) mass is 339 g/mol. The van der Waals surface area contributed by atoms with Crippen molar-refractivity contribution in [3.63, 3.8) is 0 Å². The third-order valence-electron chi connectivity index (χ3n) is 3.64. The fourth-order valence-electron chi connectivity index (χ4n) is 2.59. The normalized spacial score (nSPS) is 11.0. The molecule has 102 valence electrons. The van der Waals surface area contributed by atoms with Crippen LogP contribution in [0.3, 0.4) is 0 Å². The molecule has 0 bridgehead atoms. The Morgan fingerprint density at radius 1 is 0.857 bits per heavy atom. The predicted molar refractivity (Wildman–Crippen MR) is 87.8 cm³/mol. The molecule has 0 atom stereocenters. The summed E-state index contributed by atoms with van der Waals surface area (Å²) in [6, 6.07) is 21.0. The SMILES string of the molecule is c1ccc2c(CNc3cccc4n[se]nc34)cccc2c1. The molecule has 0 radical (unpaired) electrons. The number of fused-ring (bicyclic) bond motifs is 2. The molecule has 0 spiro atoms. The molecule has 0 unspecified atom stereocenters. The molecule has 21 heavy (non-hydrogen) atoms. The summed E-state index contributed by atoms with van der Waals surface area (Å²) in [7, 11) is 0. The van der Waals surface area contributed by atoms with Crippen LogP contribution in [-0.4, -0.2) is 22.9 Å². The zero-order chi connectivity index (χ0) is 14.1. The van der Waals surface area contributed by atoms with E-state index in [1.54, 1.807) is 0 Å². The van der Waals surface area contributed by atoms with Crippen molar-refractivity contribution in [2.24, 2.45) is 0 Å². The Balaban J connectivity index is 1.68. The molecule has 1 heterocycles. The molecule has 4 rings (SSSR count). The standard InChI is InChI=1S/C17H13N3Se/c1-2-8-14-12(5-1)6-3-7-13(14)11-18-15-9-4-10-16-17(15)20-21-19-16/h1-10,18H,11H2. The van der Waals surface area contributed by atoms with Crippen molar-refractivity contribution in [2.75, 3.05) is 5.32 Å². The van der Waals surface area contributed by atoms with Gasteiger partial charge in [0.1, 0.15) is 0 Å². The molecule has 0 aliphatic heterocycles. The van der Waals surface area contributed by atoms with Gasteiger partial charge < -0.3 is 0 Å². The molecule has 1 aromatic heterocycles. The molecule has 1 N–H and O–H groups in total. The summed E-state index contributed by atoms with van der Waals surface area (Å²) in [5, 5.41) is 6.08. The molecule has 4 heteroatoms. The molecule has 0 saturated heterocycles. The second-order valence-electron chi connectivity index (χ2n) is 4.93. The minimum atomic E-state index is 0.0135. The second-order valence-corrected chi connectivity index (χ2v) is 6.04. The molecule has 0 fully saturated rings. The number of benzene rings is 3. The third kappa shape index (κ3) is 2.33. The summed E-state index contributed by atoms with van der Waals surface area (Å²) in [5.74, 6) is 0. The van der Waals surface area contributed by atoms with E-state index in [1.807, 2.05) is 12.1 Å². The van der Waals surface area contributed by atoms with E-state index < -0.39 is 0 Å². The van der Waals surface area contributed by atoms with E-state index in [0.29, 0.717) is 0 Å². The average molecular weight is 338 g/mol. The van der Waals surface area contributed by atoms with Crippen LogP contribution < -0.4 is 5.32 Å². The Bertz CT molecular complexity index is 909. The quantitative estimate of drug-likeness (QED) is 0.582. The van der Waals surface area contributed by atoms with Gasteiger partial charge >= 0.3 is 129 Å². The van der Waals surface area contributed by atoms with Gasteiger partial charge in [-0.05, 0) is 0 Å². The summed E-state index contributed by atoms with van der Waals surface area (Å²) >= 11 is 0.0135. The fraction of sp³-hybridized carbons (Fsp3) is 0.0588. The average Bonchev–Trinajstić information content (AvgIpc) is 3.02. The number of nitrogens with zero attached hydrogens (tertiary/aromatic N) is 2. The van der Waals surface area contributed by atoms with Crippen LogP contribution in [0.5, 0.6) is 0 Å². The van der Waals surface area contributed by atoms with Crippen molar-refractivity contribution in [3.05, 3.63) is 66.2 Å². The summed E-state index contributed by atoms with van der Waals surface area (Å²) in [4.78, 5) is 0. The van der Waals surface area contributed by atoms with Gasteiger partial charge in [0.15, 0.2) is 0 Å². The van der Waals surface area contributed by atoms with Crippen molar-refractivity contribution >= 4 is 42.5 Å². The molecule has 3 nitrogen and oxygen atoms in total. The van der Waals surface area contributed by atoms with Crippen LogP contribution in [-0.2, 0) is 6.54 Å². The van der Waals surface area contributed by atoms with Gasteiger partial charge in [-0.15, -0.1) is 0 Å². The van der Waals surface area contributed by atoms with E-state index in [4.69, 9.17) is 0 Å². The van der Waals surface area contributed by atoms with Crippen LogP contribution in [0.2, 0.25) is 0 Å². The van der Waals surface area contributed by atoms with Gasteiger partial charge in [-0.25, -0.2) is 0 Å². The predicted octanol–water partition coefficient (Wildman–Crippen LogP) is 3.45. The van der Waals surface area contributed by atoms with Crippen molar-refractivity contribution in [1.29, 1.82) is 0 Å². The van der Waals surface area contributed by atoms with Crippen molar-refractivity contribution in [2.45, 2.75) is 6.54 Å². The molecule has 0 aliphatic carbocycles. The van der Waals surface area contributed by atoms with Gasteiger partial charge in [0.2, 0.25) is 0 Å². The Kier molecular flexibility index (Phi) is 3.18. The molecule has 0 aliphatic rings. The molecule has 0 saturated carbocycles. The second kappa shape index (κ2) is 5.32. The van der Waals surface area contributed by atoms with Crippen LogP contribution >= 0.6 is 0 Å². The Hall–Kier alpha value is -2.16. The number of hydrogen-bond acceptors (Lipinski definition) is 3. The molecular weight excluding hydrogens is 325 g/mol. The summed E-state index contributed by atoms with van der Waals surface area (Å²) in [6.45, 7) is 0.792. The number of anilines is 1. The first-order chi connectivity index (χ1) is 10.4. The van der Waals surface area contributed by atoms with Gasteiger partial charge in [0.05, 0.1) is 0 Å². The maximum absolute atomic E-state index is 4.51. The van der Waals surface area contributed by atoms with Gasteiger partial charge in [-0.1, -0.05) is 0 Å². The van der Waals surface area contributed by atoms with E-state index in [9.17, 15) is 0 Å². The van der Waals surface area contributed by atoms with E-state index in [0.717, 1.165) is 23.3 Å². The minimum absolute atomic E-state index is 0.0135. The van der Waals surface area contributed by atoms with Gasteiger partial charge in [-0.2, -0.15) is 0 Å². The first-order valence-electron chi connectivity index (χ1n) is 6.83. The Labute approximate surface area is 128 Å². The Morgan fingerprint density at radius 2 is 1.71 bits per heavy atom. The van der Waals surface area contributed by atoms with Gasteiger partial charge in [0.25, 0.3) is 0 Å². The van der Waals surface area contributed by atoms with Crippen molar-refractivity contribution in [3.8, 4) is 0 Å². The van der Waals surface area contributed by atoms with Crippen LogP contribution in [0.4, 0.5) is 5.69 Å². The summed E-state index contributed by atoms with van der Waals surface area (Å²) in [6.07, 6.45) is 0. The van der Waals surface area contributed by atoms with Crippen molar-refractivity contribution < 1.29 is 0 Å². The van der Waals surface area contributed by atoms with E-state index in [-0.39, 0.29) is 15.0 Å². The maximum atomic E-state index is 4.51. The van der Waals surface area contributed by atoms with Crippen LogP contribution in [0.15, 0.2) is 60.7 Å². The van der Waals surface area contributed by atoms with Crippen LogP contribution in [0.25, 0.3) is 21.8 Å². The van der Waals surface area contributed by atoms with Gasteiger partial charge in [-0.3, -0.25) is 0 Å². The van der Waals surface area contributed by atoms with E-state index in [2.05, 4.69) is 61.8 Å². The van der Waals surface area contributed by atoms with Crippen LogP contribution in [0, 0.1) is 0 Å². The van der Waals surface area contributed by atoms with Crippen molar-refractivity contribution in [1.82, 2.24) is 7.96 Å². The third-order valence-corrected chi connectivity index (χ3v) is 4.77. The zero-order valence-electron chi connectivity index (χ0n) is 11.3.